The SMILES string of the molecule is CCCC1CCC([C@@H](N)CC)CC1. The van der Waals surface area contributed by atoms with Gasteiger partial charge in [-0.1, -0.05) is 39.5 Å². The van der Waals surface area contributed by atoms with Crippen LogP contribution in [0.3, 0.4) is 0 Å². The molecule has 0 radical (unpaired) electrons. The fourth-order valence-corrected chi connectivity index (χ4v) is 2.65. The average molecular weight is 183 g/mol. The third-order valence-electron chi connectivity index (χ3n) is 3.67. The van der Waals surface area contributed by atoms with Crippen LogP contribution in [-0.2, 0) is 0 Å². The van der Waals surface area contributed by atoms with Crippen LogP contribution in [0.25, 0.3) is 0 Å². The second kappa shape index (κ2) is 5.64. The van der Waals surface area contributed by atoms with Crippen LogP contribution in [0.15, 0.2) is 0 Å². The molecule has 0 aliphatic heterocycles. The van der Waals surface area contributed by atoms with Crippen molar-refractivity contribution in [1.82, 2.24) is 0 Å². The van der Waals surface area contributed by atoms with Crippen molar-refractivity contribution in [3.8, 4) is 0 Å². The lowest BCUT2D eigenvalue weighted by Gasteiger charge is -2.31. The minimum atomic E-state index is 0.475. The molecule has 0 unspecified atom stereocenters. The molecule has 0 aromatic heterocycles. The Labute approximate surface area is 83.1 Å². The number of hydrogen-bond acceptors (Lipinski definition) is 1. The lowest BCUT2D eigenvalue weighted by atomic mass is 9.77. The van der Waals surface area contributed by atoms with Crippen LogP contribution in [0, 0.1) is 11.8 Å². The third kappa shape index (κ3) is 3.30. The first-order valence-corrected chi connectivity index (χ1v) is 6.03. The van der Waals surface area contributed by atoms with Crippen molar-refractivity contribution in [3.63, 3.8) is 0 Å². The summed E-state index contributed by atoms with van der Waals surface area (Å²) in [4.78, 5) is 0. The zero-order valence-electron chi connectivity index (χ0n) is 9.26. The van der Waals surface area contributed by atoms with Crippen LogP contribution >= 0.6 is 0 Å². The average Bonchev–Trinajstić information content (AvgIpc) is 2.18. The van der Waals surface area contributed by atoms with E-state index in [0.29, 0.717) is 6.04 Å². The zero-order chi connectivity index (χ0) is 9.68. The van der Waals surface area contributed by atoms with Gasteiger partial charge in [-0.15, -0.1) is 0 Å². The predicted octanol–water partition coefficient (Wildman–Crippen LogP) is 3.33. The highest BCUT2D eigenvalue weighted by Crippen LogP contribution is 2.33. The predicted molar refractivity (Wildman–Crippen MR) is 58.6 cm³/mol. The van der Waals surface area contributed by atoms with Crippen LogP contribution in [-0.4, -0.2) is 6.04 Å². The highest BCUT2D eigenvalue weighted by molar-refractivity contribution is 4.78. The molecule has 0 heterocycles. The van der Waals surface area contributed by atoms with Gasteiger partial charge in [0.15, 0.2) is 0 Å². The van der Waals surface area contributed by atoms with Gasteiger partial charge in [-0.3, -0.25) is 0 Å². The molecule has 0 aromatic rings. The van der Waals surface area contributed by atoms with E-state index in [4.69, 9.17) is 5.73 Å². The molecule has 1 fully saturated rings. The molecule has 0 amide bonds. The topological polar surface area (TPSA) is 26.0 Å². The number of rotatable bonds is 4. The van der Waals surface area contributed by atoms with Crippen molar-refractivity contribution in [2.24, 2.45) is 17.6 Å². The van der Waals surface area contributed by atoms with E-state index in [1.807, 2.05) is 0 Å². The first kappa shape index (κ1) is 11.0. The number of nitrogens with two attached hydrogens (primary N) is 1. The Balaban J connectivity index is 2.22. The van der Waals surface area contributed by atoms with Crippen molar-refractivity contribution < 1.29 is 0 Å². The third-order valence-corrected chi connectivity index (χ3v) is 3.67. The summed E-state index contributed by atoms with van der Waals surface area (Å²) in [5.74, 6) is 1.85. The highest BCUT2D eigenvalue weighted by atomic mass is 14.6. The van der Waals surface area contributed by atoms with Crippen molar-refractivity contribution >= 4 is 0 Å². The summed E-state index contributed by atoms with van der Waals surface area (Å²) in [6, 6.07) is 0.475. The zero-order valence-corrected chi connectivity index (χ0v) is 9.26. The van der Waals surface area contributed by atoms with E-state index in [0.717, 1.165) is 18.3 Å². The Morgan fingerprint density at radius 2 is 1.77 bits per heavy atom. The second-order valence-electron chi connectivity index (χ2n) is 4.64. The molecule has 1 aliphatic carbocycles. The van der Waals surface area contributed by atoms with Gasteiger partial charge in [0.05, 0.1) is 0 Å². The van der Waals surface area contributed by atoms with Crippen molar-refractivity contribution in [2.45, 2.75) is 64.8 Å². The van der Waals surface area contributed by atoms with Crippen LogP contribution in [0.2, 0.25) is 0 Å². The van der Waals surface area contributed by atoms with E-state index in [-0.39, 0.29) is 0 Å². The molecule has 1 aliphatic rings. The largest absolute Gasteiger partial charge is 0.327 e. The smallest absolute Gasteiger partial charge is 0.00645 e. The molecule has 0 spiro atoms. The van der Waals surface area contributed by atoms with E-state index >= 15 is 0 Å². The molecule has 1 saturated carbocycles. The molecule has 1 atom stereocenters. The van der Waals surface area contributed by atoms with Gasteiger partial charge in [-0.2, -0.15) is 0 Å². The Kier molecular flexibility index (Phi) is 4.79. The minimum absolute atomic E-state index is 0.475. The van der Waals surface area contributed by atoms with Gasteiger partial charge < -0.3 is 5.73 Å². The van der Waals surface area contributed by atoms with Crippen LogP contribution in [0.1, 0.15) is 58.8 Å². The van der Waals surface area contributed by atoms with E-state index in [1.165, 1.54) is 38.5 Å². The lowest BCUT2D eigenvalue weighted by Crippen LogP contribution is -2.32. The summed E-state index contributed by atoms with van der Waals surface area (Å²) in [5, 5.41) is 0. The minimum Gasteiger partial charge on any atom is -0.327 e. The first-order chi connectivity index (χ1) is 6.27. The normalized spacial score (nSPS) is 31.6. The number of hydrogen-bond donors (Lipinski definition) is 1. The molecule has 1 heteroatoms. The van der Waals surface area contributed by atoms with Gasteiger partial charge >= 0.3 is 0 Å². The second-order valence-corrected chi connectivity index (χ2v) is 4.64. The molecule has 1 rings (SSSR count). The van der Waals surface area contributed by atoms with Crippen molar-refractivity contribution in [3.05, 3.63) is 0 Å². The fraction of sp³-hybridized carbons (Fsp3) is 1.00. The van der Waals surface area contributed by atoms with Gasteiger partial charge in [-0.05, 0) is 31.1 Å². The van der Waals surface area contributed by atoms with Gasteiger partial charge in [-0.25, -0.2) is 0 Å². The molecule has 0 aromatic carbocycles. The highest BCUT2D eigenvalue weighted by Gasteiger charge is 2.23. The summed E-state index contributed by atoms with van der Waals surface area (Å²) >= 11 is 0. The summed E-state index contributed by atoms with van der Waals surface area (Å²) in [5.41, 5.74) is 6.07. The van der Waals surface area contributed by atoms with Crippen LogP contribution in [0.5, 0.6) is 0 Å². The molecule has 2 N–H and O–H groups in total. The van der Waals surface area contributed by atoms with Crippen molar-refractivity contribution in [2.75, 3.05) is 0 Å². The fourth-order valence-electron chi connectivity index (χ4n) is 2.65. The van der Waals surface area contributed by atoms with Gasteiger partial charge in [0.2, 0.25) is 0 Å². The van der Waals surface area contributed by atoms with E-state index in [9.17, 15) is 0 Å². The van der Waals surface area contributed by atoms with E-state index in [2.05, 4.69) is 13.8 Å². The Bertz CT molecular complexity index is 125. The quantitative estimate of drug-likeness (QED) is 0.711. The summed E-state index contributed by atoms with van der Waals surface area (Å²) in [6.07, 6.45) is 9.60. The maximum atomic E-state index is 6.07. The van der Waals surface area contributed by atoms with E-state index in [1.54, 1.807) is 0 Å². The molecule has 0 saturated heterocycles. The van der Waals surface area contributed by atoms with Gasteiger partial charge in [0, 0.05) is 6.04 Å². The summed E-state index contributed by atoms with van der Waals surface area (Å²) in [6.45, 7) is 4.51. The standard InChI is InChI=1S/C12H25N/c1-3-5-10-6-8-11(9-7-10)12(13)4-2/h10-12H,3-9,13H2,1-2H3/t10?,11?,12-/m0/s1. The van der Waals surface area contributed by atoms with Crippen LogP contribution in [0.4, 0.5) is 0 Å². The van der Waals surface area contributed by atoms with Gasteiger partial charge in [0.25, 0.3) is 0 Å². The lowest BCUT2D eigenvalue weighted by molar-refractivity contribution is 0.231. The summed E-state index contributed by atoms with van der Waals surface area (Å²) < 4.78 is 0. The molecular formula is C12H25N. The molecular weight excluding hydrogens is 158 g/mol. The molecule has 0 bridgehead atoms. The first-order valence-electron chi connectivity index (χ1n) is 6.03. The van der Waals surface area contributed by atoms with Gasteiger partial charge in [0.1, 0.15) is 0 Å². The Morgan fingerprint density at radius 3 is 2.23 bits per heavy atom. The van der Waals surface area contributed by atoms with Crippen LogP contribution < -0.4 is 5.73 Å². The monoisotopic (exact) mass is 183 g/mol. The molecule has 78 valence electrons. The Morgan fingerprint density at radius 1 is 1.15 bits per heavy atom. The maximum absolute atomic E-state index is 6.07. The molecule has 1 nitrogen and oxygen atoms in total. The maximum Gasteiger partial charge on any atom is 0.00645 e. The molecule has 13 heavy (non-hydrogen) atoms. The Hall–Kier alpha value is -0.0400. The van der Waals surface area contributed by atoms with E-state index < -0.39 is 0 Å². The summed E-state index contributed by atoms with van der Waals surface area (Å²) in [7, 11) is 0. The van der Waals surface area contributed by atoms with Crippen molar-refractivity contribution in [1.29, 1.82) is 0 Å².